The lowest BCUT2D eigenvalue weighted by molar-refractivity contribution is -0.141. The number of tetrazole rings is 1. The number of rotatable bonds is 16. The van der Waals surface area contributed by atoms with E-state index in [0.29, 0.717) is 5.39 Å². The maximum absolute atomic E-state index is 14.0. The molecule has 0 fully saturated rings. The Labute approximate surface area is 281 Å². The van der Waals surface area contributed by atoms with Crippen molar-refractivity contribution in [1.29, 1.82) is 0 Å². The van der Waals surface area contributed by atoms with Crippen LogP contribution in [0.15, 0.2) is 48.5 Å². The summed E-state index contributed by atoms with van der Waals surface area (Å²) >= 11 is 0. The number of ketones is 1. The Kier molecular flexibility index (Phi) is 12.1. The predicted octanol–water partition coefficient (Wildman–Crippen LogP) is 2.39. The van der Waals surface area contributed by atoms with Gasteiger partial charge in [-0.25, -0.2) is 8.78 Å². The van der Waals surface area contributed by atoms with Crippen LogP contribution >= 0.6 is 0 Å². The summed E-state index contributed by atoms with van der Waals surface area (Å²) in [5.74, 6) is -14.7. The van der Waals surface area contributed by atoms with E-state index in [0.717, 1.165) is 5.39 Å². The molecule has 0 saturated carbocycles. The maximum Gasteiger partial charge on any atom is 0.305 e. The molecule has 14 nitrogen and oxygen atoms in total. The van der Waals surface area contributed by atoms with Gasteiger partial charge in [0.05, 0.1) is 6.42 Å². The summed E-state index contributed by atoms with van der Waals surface area (Å²) in [6.07, 6.45) is -0.988. The lowest BCUT2D eigenvalue weighted by Crippen LogP contribution is -2.58. The number of H-pyrrole nitrogens is 1. The van der Waals surface area contributed by atoms with Crippen molar-refractivity contribution in [3.63, 3.8) is 0 Å². The van der Waals surface area contributed by atoms with Crippen LogP contribution in [0.2, 0.25) is 0 Å². The second-order valence-corrected chi connectivity index (χ2v) is 11.4. The summed E-state index contributed by atoms with van der Waals surface area (Å²) in [7, 11) is 0. The zero-order chi connectivity index (χ0) is 36.5. The maximum atomic E-state index is 14.0. The Bertz CT molecular complexity index is 1860. The molecule has 0 saturated heterocycles. The van der Waals surface area contributed by atoms with Gasteiger partial charge in [0.25, 0.3) is 5.91 Å². The van der Waals surface area contributed by atoms with Crippen LogP contribution in [-0.4, -0.2) is 79.9 Å². The molecule has 4 aromatic rings. The molecule has 50 heavy (non-hydrogen) atoms. The number of ether oxygens (including phenoxy) is 1. The molecule has 0 bridgehead atoms. The highest BCUT2D eigenvalue weighted by Gasteiger charge is 2.33. The summed E-state index contributed by atoms with van der Waals surface area (Å²) in [4.78, 5) is 64.9. The van der Waals surface area contributed by atoms with Gasteiger partial charge in [-0.05, 0) is 29.2 Å². The summed E-state index contributed by atoms with van der Waals surface area (Å²) in [5, 5.41) is 31.6. The molecule has 0 radical (unpaired) electrons. The van der Waals surface area contributed by atoms with Gasteiger partial charge >= 0.3 is 5.97 Å². The Hall–Kier alpha value is -5.94. The van der Waals surface area contributed by atoms with Crippen LogP contribution in [0.25, 0.3) is 10.8 Å². The number of benzene rings is 3. The number of nitrogens with zero attached hydrogens (tertiary/aromatic N) is 3. The van der Waals surface area contributed by atoms with Crippen molar-refractivity contribution in [2.75, 3.05) is 6.61 Å². The number of carboxylic acid groups (broad SMARTS) is 1. The quantitative estimate of drug-likeness (QED) is 0.0852. The fourth-order valence-corrected chi connectivity index (χ4v) is 4.88. The zero-order valence-electron chi connectivity index (χ0n) is 26.5. The fraction of sp³-hybridized carbons (Fsp3) is 0.312. The number of carboxylic acids is 1. The van der Waals surface area contributed by atoms with Gasteiger partial charge in [0.1, 0.15) is 24.7 Å². The van der Waals surface area contributed by atoms with E-state index in [1.165, 1.54) is 13.8 Å². The van der Waals surface area contributed by atoms with Crippen LogP contribution in [0, 0.1) is 29.2 Å². The highest BCUT2D eigenvalue weighted by atomic mass is 19.2. The number of nitrogens with one attached hydrogen (secondary N) is 4. The van der Waals surface area contributed by atoms with Crippen LogP contribution in [0.5, 0.6) is 5.75 Å². The molecule has 1 aromatic heterocycles. The summed E-state index contributed by atoms with van der Waals surface area (Å²) in [5.41, 5.74) is 0.275. The number of amides is 3. The van der Waals surface area contributed by atoms with E-state index >= 15 is 0 Å². The molecule has 0 aliphatic carbocycles. The number of aliphatic carboxylic acids is 1. The first kappa shape index (κ1) is 36.9. The topological polar surface area (TPSA) is 205 Å². The number of hydrogen-bond acceptors (Lipinski definition) is 9. The molecular weight excluding hydrogens is 670 g/mol. The molecule has 4 rings (SSSR count). The first-order valence-electron chi connectivity index (χ1n) is 15.1. The number of aromatic amines is 1. The van der Waals surface area contributed by atoms with Gasteiger partial charge in [0.2, 0.25) is 23.4 Å². The Morgan fingerprint density at radius 3 is 2.20 bits per heavy atom. The Morgan fingerprint density at radius 2 is 1.56 bits per heavy atom. The monoisotopic (exact) mass is 701 g/mol. The number of Topliss-reactive ketones (excluding diaryl/α,β-unsaturated/α-hetero) is 1. The van der Waals surface area contributed by atoms with E-state index < -0.39 is 95.6 Å². The third-order valence-corrected chi connectivity index (χ3v) is 7.46. The molecule has 5 N–H and O–H groups in total. The minimum Gasteiger partial charge on any atom is -0.481 e. The van der Waals surface area contributed by atoms with Gasteiger partial charge in [-0.3, -0.25) is 24.0 Å². The number of hydrogen-bond donors (Lipinski definition) is 5. The summed E-state index contributed by atoms with van der Waals surface area (Å²) in [6, 6.07) is 7.57. The van der Waals surface area contributed by atoms with Crippen LogP contribution in [0.4, 0.5) is 17.6 Å². The molecule has 1 heterocycles. The largest absolute Gasteiger partial charge is 0.481 e. The second kappa shape index (κ2) is 16.4. The van der Waals surface area contributed by atoms with E-state index in [1.54, 1.807) is 30.3 Å². The van der Waals surface area contributed by atoms with Gasteiger partial charge in [-0.2, -0.15) is 14.0 Å². The average Bonchev–Trinajstić information content (AvgIpc) is 3.60. The standard InChI is InChI=1S/C32H31F4N7O7/c1-15(2)28(32(49)38-22(13-25(45)46)23(44)14-50-29-26(35)19(33)12-20(34)27(29)36)39-31(48)21(10-11-24-40-42-43-41-24)37-30(47)18-9-5-7-16-6-3-4-8-17(16)18/h3-9,12,15,21-22,28H,10-11,13-14H2,1-2H3,(H,37,47)(H,38,49)(H,39,48)(H,45,46)(H,40,41,42,43)/t21-,22-,28-/m0/s1. The van der Waals surface area contributed by atoms with Crippen molar-refractivity contribution in [2.45, 2.75) is 51.2 Å². The number of aryl methyl sites for hydroxylation is 1. The highest BCUT2D eigenvalue weighted by Crippen LogP contribution is 2.26. The third-order valence-electron chi connectivity index (χ3n) is 7.46. The number of carbonyl (C=O) groups is 5. The number of aromatic nitrogens is 4. The molecule has 3 amide bonds. The van der Waals surface area contributed by atoms with Gasteiger partial charge in [0.15, 0.2) is 29.0 Å². The Morgan fingerprint density at radius 1 is 0.880 bits per heavy atom. The van der Waals surface area contributed by atoms with E-state index in [2.05, 4.69) is 41.3 Å². The first-order valence-corrected chi connectivity index (χ1v) is 15.1. The van der Waals surface area contributed by atoms with Crippen LogP contribution < -0.4 is 20.7 Å². The number of fused-ring (bicyclic) bond motifs is 1. The fourth-order valence-electron chi connectivity index (χ4n) is 4.88. The summed E-state index contributed by atoms with van der Waals surface area (Å²) in [6.45, 7) is 1.79. The van der Waals surface area contributed by atoms with Crippen molar-refractivity contribution in [3.05, 3.63) is 83.2 Å². The van der Waals surface area contributed by atoms with Crippen molar-refractivity contribution in [3.8, 4) is 5.75 Å². The second-order valence-electron chi connectivity index (χ2n) is 11.4. The van der Waals surface area contributed by atoms with Crippen molar-refractivity contribution >= 4 is 40.2 Å². The summed E-state index contributed by atoms with van der Waals surface area (Å²) < 4.78 is 59.8. The SMILES string of the molecule is CC(C)[C@H](NC(=O)[C@H](CCc1nn[nH]n1)NC(=O)c1cccc2ccccc12)C(=O)N[C@@H](CC(=O)O)C(=O)COc1c(F)c(F)cc(F)c1F. The molecule has 0 aliphatic heterocycles. The smallest absolute Gasteiger partial charge is 0.305 e. The molecule has 0 aliphatic rings. The molecule has 0 spiro atoms. The number of halogens is 4. The average molecular weight is 702 g/mol. The molecule has 3 atom stereocenters. The molecular formula is C32H31F4N7O7. The van der Waals surface area contributed by atoms with Gasteiger partial charge in [-0.1, -0.05) is 55.5 Å². The highest BCUT2D eigenvalue weighted by molar-refractivity contribution is 6.08. The zero-order valence-corrected chi connectivity index (χ0v) is 26.5. The minimum absolute atomic E-state index is 0.0421. The van der Waals surface area contributed by atoms with Gasteiger partial charge in [0, 0.05) is 18.1 Å². The van der Waals surface area contributed by atoms with Crippen molar-refractivity contribution in [1.82, 2.24) is 36.6 Å². The van der Waals surface area contributed by atoms with E-state index in [1.807, 2.05) is 12.1 Å². The molecule has 18 heteroatoms. The van der Waals surface area contributed by atoms with Crippen molar-refractivity contribution < 1.29 is 51.4 Å². The van der Waals surface area contributed by atoms with Crippen LogP contribution in [-0.2, 0) is 25.6 Å². The van der Waals surface area contributed by atoms with Gasteiger partial charge in [-0.15, -0.1) is 10.2 Å². The van der Waals surface area contributed by atoms with Crippen LogP contribution in [0.1, 0.15) is 42.9 Å². The minimum atomic E-state index is -1.93. The third kappa shape index (κ3) is 9.14. The molecule has 264 valence electrons. The number of carbonyl (C=O) groups excluding carboxylic acids is 4. The first-order chi connectivity index (χ1) is 23.8. The normalized spacial score (nSPS) is 12.9. The lowest BCUT2D eigenvalue weighted by atomic mass is 10.00. The van der Waals surface area contributed by atoms with Gasteiger partial charge < -0.3 is 25.8 Å². The van der Waals surface area contributed by atoms with Crippen molar-refractivity contribution in [2.24, 2.45) is 5.92 Å². The van der Waals surface area contributed by atoms with E-state index in [4.69, 9.17) is 0 Å². The predicted molar refractivity (Wildman–Crippen MR) is 165 cm³/mol. The van der Waals surface area contributed by atoms with Crippen LogP contribution in [0.3, 0.4) is 0 Å². The van der Waals surface area contributed by atoms with E-state index in [9.17, 15) is 46.6 Å². The molecule has 0 unspecified atom stereocenters. The van der Waals surface area contributed by atoms with E-state index in [-0.39, 0.29) is 30.3 Å². The molecule has 3 aromatic carbocycles. The lowest BCUT2D eigenvalue weighted by Gasteiger charge is -2.27. The Balaban J connectivity index is 1.51.